The molecule has 0 atom stereocenters. The fraction of sp³-hybridized carbons (Fsp3) is 0.120. The summed E-state index contributed by atoms with van der Waals surface area (Å²) in [5.74, 6) is -1.58. The number of para-hydroxylation sites is 1. The fourth-order valence-corrected chi connectivity index (χ4v) is 4.38. The minimum Gasteiger partial charge on any atom is -0.478 e. The number of aryl methyl sites for hydroxylation is 2. The lowest BCUT2D eigenvalue weighted by molar-refractivity contribution is -0.127. The molecule has 2 aromatic carbocycles. The number of carboxylic acids is 1. The molecule has 1 fully saturated rings. The molecule has 2 heterocycles. The summed E-state index contributed by atoms with van der Waals surface area (Å²) in [6, 6.07) is 15.2. The van der Waals surface area contributed by atoms with Gasteiger partial charge in [0.2, 0.25) is 5.91 Å². The van der Waals surface area contributed by atoms with Crippen LogP contribution >= 0.6 is 11.8 Å². The first-order chi connectivity index (χ1) is 16.2. The SMILES string of the molecule is Cc1cccc(C)c1NC(=O)CN1C(=O)S/C(=C\c2ccc(-c3ccccc3C(=O)O)o2)C1=O. The molecule has 172 valence electrons. The number of hydrogen-bond acceptors (Lipinski definition) is 6. The van der Waals surface area contributed by atoms with Crippen LogP contribution in [0.2, 0.25) is 0 Å². The average molecular weight is 477 g/mol. The highest BCUT2D eigenvalue weighted by Crippen LogP contribution is 2.34. The van der Waals surface area contributed by atoms with Gasteiger partial charge in [0.15, 0.2) is 0 Å². The fourth-order valence-electron chi connectivity index (χ4n) is 3.56. The Morgan fingerprint density at radius 1 is 1.03 bits per heavy atom. The van der Waals surface area contributed by atoms with Crippen molar-refractivity contribution in [2.75, 3.05) is 11.9 Å². The van der Waals surface area contributed by atoms with Crippen molar-refractivity contribution in [3.63, 3.8) is 0 Å². The van der Waals surface area contributed by atoms with Crippen LogP contribution in [-0.4, -0.2) is 39.6 Å². The van der Waals surface area contributed by atoms with E-state index in [4.69, 9.17) is 4.42 Å². The second-order valence-electron chi connectivity index (χ2n) is 7.64. The van der Waals surface area contributed by atoms with E-state index in [1.807, 2.05) is 32.0 Å². The molecule has 0 aliphatic carbocycles. The van der Waals surface area contributed by atoms with E-state index in [-0.39, 0.29) is 16.2 Å². The predicted molar refractivity (Wildman–Crippen MR) is 128 cm³/mol. The zero-order valence-corrected chi connectivity index (χ0v) is 19.1. The second kappa shape index (κ2) is 9.40. The van der Waals surface area contributed by atoms with Crippen LogP contribution in [0.3, 0.4) is 0 Å². The van der Waals surface area contributed by atoms with Crippen molar-refractivity contribution in [1.82, 2.24) is 4.90 Å². The molecule has 1 aliphatic heterocycles. The molecule has 4 rings (SSSR count). The third-order valence-electron chi connectivity index (χ3n) is 5.24. The summed E-state index contributed by atoms with van der Waals surface area (Å²) >= 11 is 0.709. The number of amides is 3. The normalized spacial score (nSPS) is 14.6. The van der Waals surface area contributed by atoms with Gasteiger partial charge in [-0.25, -0.2) is 4.79 Å². The van der Waals surface area contributed by atoms with Crippen molar-refractivity contribution in [2.24, 2.45) is 0 Å². The summed E-state index contributed by atoms with van der Waals surface area (Å²) in [5.41, 5.74) is 2.88. The highest BCUT2D eigenvalue weighted by Gasteiger charge is 2.36. The van der Waals surface area contributed by atoms with E-state index in [0.717, 1.165) is 16.0 Å². The van der Waals surface area contributed by atoms with E-state index in [1.54, 1.807) is 30.3 Å². The van der Waals surface area contributed by atoms with Gasteiger partial charge in [-0.1, -0.05) is 36.4 Å². The lowest BCUT2D eigenvalue weighted by Gasteiger charge is -2.15. The van der Waals surface area contributed by atoms with Crippen molar-refractivity contribution in [3.8, 4) is 11.3 Å². The second-order valence-corrected chi connectivity index (χ2v) is 8.63. The van der Waals surface area contributed by atoms with Crippen LogP contribution < -0.4 is 5.32 Å². The first kappa shape index (κ1) is 23.1. The molecule has 0 bridgehead atoms. The highest BCUT2D eigenvalue weighted by atomic mass is 32.2. The number of rotatable bonds is 6. The number of nitrogens with zero attached hydrogens (tertiary/aromatic N) is 1. The Balaban J connectivity index is 1.50. The van der Waals surface area contributed by atoms with Gasteiger partial charge in [0.25, 0.3) is 11.1 Å². The summed E-state index contributed by atoms with van der Waals surface area (Å²) in [6.07, 6.45) is 1.40. The van der Waals surface area contributed by atoms with E-state index in [9.17, 15) is 24.3 Å². The van der Waals surface area contributed by atoms with Crippen LogP contribution in [-0.2, 0) is 9.59 Å². The number of carbonyl (C=O) groups excluding carboxylic acids is 3. The maximum atomic E-state index is 12.8. The molecule has 8 nitrogen and oxygen atoms in total. The number of imide groups is 1. The van der Waals surface area contributed by atoms with Gasteiger partial charge in [-0.05, 0) is 54.9 Å². The number of benzene rings is 2. The number of anilines is 1. The molecule has 3 amide bonds. The van der Waals surface area contributed by atoms with E-state index in [0.29, 0.717) is 28.8 Å². The van der Waals surface area contributed by atoms with Gasteiger partial charge in [-0.3, -0.25) is 19.3 Å². The van der Waals surface area contributed by atoms with Crippen LogP contribution in [0, 0.1) is 13.8 Å². The van der Waals surface area contributed by atoms with Gasteiger partial charge in [0, 0.05) is 17.3 Å². The molecule has 3 aromatic rings. The van der Waals surface area contributed by atoms with Crippen LogP contribution in [0.5, 0.6) is 0 Å². The van der Waals surface area contributed by atoms with Gasteiger partial charge in [-0.15, -0.1) is 0 Å². The molecule has 1 aliphatic rings. The molecular weight excluding hydrogens is 456 g/mol. The number of aromatic carboxylic acids is 1. The first-order valence-corrected chi connectivity index (χ1v) is 11.1. The van der Waals surface area contributed by atoms with Crippen LogP contribution in [0.25, 0.3) is 17.4 Å². The number of hydrogen-bond donors (Lipinski definition) is 2. The zero-order chi connectivity index (χ0) is 24.4. The highest BCUT2D eigenvalue weighted by molar-refractivity contribution is 8.18. The first-order valence-electron chi connectivity index (χ1n) is 10.3. The topological polar surface area (TPSA) is 117 Å². The molecule has 0 radical (unpaired) electrons. The lowest BCUT2D eigenvalue weighted by atomic mass is 10.1. The summed E-state index contributed by atoms with van der Waals surface area (Å²) in [7, 11) is 0. The van der Waals surface area contributed by atoms with Crippen molar-refractivity contribution in [1.29, 1.82) is 0 Å². The third-order valence-corrected chi connectivity index (χ3v) is 6.15. The van der Waals surface area contributed by atoms with Crippen molar-refractivity contribution >= 4 is 46.5 Å². The Labute approximate surface area is 199 Å². The Kier molecular flexibility index (Phi) is 6.38. The number of carboxylic acid groups (broad SMARTS) is 1. The van der Waals surface area contributed by atoms with E-state index < -0.39 is 29.6 Å². The van der Waals surface area contributed by atoms with Crippen molar-refractivity contribution in [2.45, 2.75) is 13.8 Å². The van der Waals surface area contributed by atoms with Crippen LogP contribution in [0.1, 0.15) is 27.2 Å². The molecule has 9 heteroatoms. The number of nitrogens with one attached hydrogen (secondary N) is 1. The molecule has 34 heavy (non-hydrogen) atoms. The quantitative estimate of drug-likeness (QED) is 0.484. The van der Waals surface area contributed by atoms with Gasteiger partial charge in [-0.2, -0.15) is 0 Å². The smallest absolute Gasteiger partial charge is 0.336 e. The Morgan fingerprint density at radius 2 is 1.74 bits per heavy atom. The molecular formula is C25H20N2O6S. The molecule has 0 spiro atoms. The van der Waals surface area contributed by atoms with Gasteiger partial charge < -0.3 is 14.8 Å². The van der Waals surface area contributed by atoms with E-state index in [2.05, 4.69) is 5.32 Å². The molecule has 1 saturated heterocycles. The molecule has 1 aromatic heterocycles. The Morgan fingerprint density at radius 3 is 2.44 bits per heavy atom. The molecule has 0 unspecified atom stereocenters. The lowest BCUT2D eigenvalue weighted by Crippen LogP contribution is -2.36. The number of carbonyl (C=O) groups is 4. The van der Waals surface area contributed by atoms with Gasteiger partial charge in [0.05, 0.1) is 10.5 Å². The van der Waals surface area contributed by atoms with Crippen LogP contribution in [0.4, 0.5) is 10.5 Å². The van der Waals surface area contributed by atoms with Crippen molar-refractivity contribution < 1.29 is 28.7 Å². The minimum absolute atomic E-state index is 0.0821. The van der Waals surface area contributed by atoms with E-state index in [1.165, 1.54) is 12.1 Å². The van der Waals surface area contributed by atoms with Crippen molar-refractivity contribution in [3.05, 3.63) is 82.0 Å². The Bertz CT molecular complexity index is 1340. The number of thioether (sulfide) groups is 1. The van der Waals surface area contributed by atoms with E-state index >= 15 is 0 Å². The maximum absolute atomic E-state index is 12.8. The summed E-state index contributed by atoms with van der Waals surface area (Å²) < 4.78 is 5.71. The molecule has 0 saturated carbocycles. The third kappa shape index (κ3) is 4.65. The summed E-state index contributed by atoms with van der Waals surface area (Å²) in [4.78, 5) is 50.2. The standard InChI is InChI=1S/C25H20N2O6S/c1-14-6-5-7-15(2)22(14)26-21(28)13-27-23(29)20(34-25(27)32)12-16-10-11-19(33-16)17-8-3-4-9-18(17)24(30)31/h3-12H,13H2,1-2H3,(H,26,28)(H,30,31)/b20-12-. The largest absolute Gasteiger partial charge is 0.478 e. The van der Waals surface area contributed by atoms with Gasteiger partial charge >= 0.3 is 5.97 Å². The summed E-state index contributed by atoms with van der Waals surface area (Å²) in [6.45, 7) is 3.31. The maximum Gasteiger partial charge on any atom is 0.336 e. The van der Waals surface area contributed by atoms with Crippen LogP contribution in [0.15, 0.2) is 63.9 Å². The predicted octanol–water partition coefficient (Wildman–Crippen LogP) is 4.94. The summed E-state index contributed by atoms with van der Waals surface area (Å²) in [5, 5.41) is 11.6. The van der Waals surface area contributed by atoms with Gasteiger partial charge in [0.1, 0.15) is 18.1 Å². The number of furan rings is 1. The monoisotopic (exact) mass is 476 g/mol. The molecule has 2 N–H and O–H groups in total. The zero-order valence-electron chi connectivity index (χ0n) is 18.3. The minimum atomic E-state index is -1.09. The Hall–Kier alpha value is -4.11. The average Bonchev–Trinajstić information content (AvgIpc) is 3.36.